The van der Waals surface area contributed by atoms with E-state index < -0.39 is 0 Å². The molecule has 1 aliphatic carbocycles. The van der Waals surface area contributed by atoms with Gasteiger partial charge >= 0.3 is 0 Å². The van der Waals surface area contributed by atoms with E-state index >= 15 is 0 Å². The maximum Gasteiger partial charge on any atom is 0.0452 e. The van der Waals surface area contributed by atoms with Gasteiger partial charge in [0.2, 0.25) is 0 Å². The van der Waals surface area contributed by atoms with Gasteiger partial charge in [-0.05, 0) is 62.3 Å². The Morgan fingerprint density at radius 3 is 2.72 bits per heavy atom. The third-order valence-electron chi connectivity index (χ3n) is 3.63. The molecule has 1 saturated carbocycles. The predicted molar refractivity (Wildman–Crippen MR) is 79.6 cm³/mol. The molecule has 0 spiro atoms. The topological polar surface area (TPSA) is 12.0 Å². The highest BCUT2D eigenvalue weighted by Gasteiger charge is 2.29. The summed E-state index contributed by atoms with van der Waals surface area (Å²) in [5.41, 5.74) is 1.21. The summed E-state index contributed by atoms with van der Waals surface area (Å²) in [6.45, 7) is 3.26. The molecule has 0 bridgehead atoms. The van der Waals surface area contributed by atoms with Crippen molar-refractivity contribution in [2.75, 3.05) is 6.54 Å². The second kappa shape index (κ2) is 6.79. The first-order valence-electron chi connectivity index (χ1n) is 6.88. The summed E-state index contributed by atoms with van der Waals surface area (Å²) >= 11 is 12.1. The van der Waals surface area contributed by atoms with Crippen LogP contribution in [0.2, 0.25) is 10.0 Å². The highest BCUT2D eigenvalue weighted by Crippen LogP contribution is 2.34. The number of nitrogens with one attached hydrogen (secondary N) is 1. The molecule has 0 amide bonds. The van der Waals surface area contributed by atoms with Crippen LogP contribution in [0.1, 0.15) is 38.2 Å². The Hall–Kier alpha value is -0.240. The number of hydrogen-bond acceptors (Lipinski definition) is 1. The van der Waals surface area contributed by atoms with E-state index in [2.05, 4.69) is 12.2 Å². The van der Waals surface area contributed by atoms with Crippen molar-refractivity contribution in [1.82, 2.24) is 5.32 Å². The summed E-state index contributed by atoms with van der Waals surface area (Å²) in [6, 6.07) is 6.51. The average Bonchev–Trinajstić information content (AvgIpc) is 3.15. The van der Waals surface area contributed by atoms with Gasteiger partial charge in [0.15, 0.2) is 0 Å². The van der Waals surface area contributed by atoms with Crippen molar-refractivity contribution in [3.63, 3.8) is 0 Å². The molecule has 100 valence electrons. The van der Waals surface area contributed by atoms with Gasteiger partial charge in [0.1, 0.15) is 0 Å². The van der Waals surface area contributed by atoms with E-state index in [1.807, 2.05) is 18.2 Å². The lowest BCUT2D eigenvalue weighted by Crippen LogP contribution is -2.30. The lowest BCUT2D eigenvalue weighted by molar-refractivity contribution is 0.434. The monoisotopic (exact) mass is 285 g/mol. The smallest absolute Gasteiger partial charge is 0.0452 e. The zero-order valence-corrected chi connectivity index (χ0v) is 12.4. The van der Waals surface area contributed by atoms with E-state index in [0.717, 1.165) is 23.9 Å². The van der Waals surface area contributed by atoms with Gasteiger partial charge < -0.3 is 5.32 Å². The summed E-state index contributed by atoms with van der Waals surface area (Å²) in [7, 11) is 0. The van der Waals surface area contributed by atoms with E-state index in [9.17, 15) is 0 Å². The minimum absolute atomic E-state index is 0.709. The van der Waals surface area contributed by atoms with Gasteiger partial charge in [-0.3, -0.25) is 0 Å². The van der Waals surface area contributed by atoms with Crippen molar-refractivity contribution in [3.8, 4) is 0 Å². The first-order valence-corrected chi connectivity index (χ1v) is 7.63. The quantitative estimate of drug-likeness (QED) is 0.765. The number of aryl methyl sites for hydroxylation is 1. The van der Waals surface area contributed by atoms with Crippen LogP contribution in [0, 0.1) is 5.92 Å². The molecule has 0 radical (unpaired) electrons. The highest BCUT2D eigenvalue weighted by molar-refractivity contribution is 6.35. The van der Waals surface area contributed by atoms with Crippen molar-refractivity contribution >= 4 is 23.2 Å². The van der Waals surface area contributed by atoms with Crippen LogP contribution >= 0.6 is 23.2 Å². The van der Waals surface area contributed by atoms with Gasteiger partial charge in [0.05, 0.1) is 0 Å². The molecule has 1 atom stereocenters. The van der Waals surface area contributed by atoms with E-state index in [-0.39, 0.29) is 0 Å². The lowest BCUT2D eigenvalue weighted by Gasteiger charge is -2.17. The molecular formula is C15H21Cl2N. The molecule has 1 N–H and O–H groups in total. The third-order valence-corrected chi connectivity index (χ3v) is 4.22. The normalized spacial score (nSPS) is 16.8. The largest absolute Gasteiger partial charge is 0.314 e. The summed E-state index contributed by atoms with van der Waals surface area (Å²) in [4.78, 5) is 0. The van der Waals surface area contributed by atoms with Crippen LogP contribution in [0.3, 0.4) is 0 Å². The van der Waals surface area contributed by atoms with Gasteiger partial charge in [-0.1, -0.05) is 36.2 Å². The fourth-order valence-electron chi connectivity index (χ4n) is 2.50. The van der Waals surface area contributed by atoms with Crippen LogP contribution in [0.15, 0.2) is 18.2 Å². The fraction of sp³-hybridized carbons (Fsp3) is 0.600. The van der Waals surface area contributed by atoms with Crippen molar-refractivity contribution in [2.45, 2.75) is 45.1 Å². The predicted octanol–water partition coefficient (Wildman–Crippen LogP) is 4.70. The van der Waals surface area contributed by atoms with Gasteiger partial charge in [-0.25, -0.2) is 0 Å². The van der Waals surface area contributed by atoms with E-state index in [1.54, 1.807) is 0 Å². The number of halogens is 2. The van der Waals surface area contributed by atoms with Crippen LogP contribution in [0.25, 0.3) is 0 Å². The Bertz CT molecular complexity index is 388. The fourth-order valence-corrected chi connectivity index (χ4v) is 3.01. The molecule has 1 aromatic carbocycles. The van der Waals surface area contributed by atoms with Crippen LogP contribution in [-0.4, -0.2) is 12.6 Å². The molecule has 0 saturated heterocycles. The van der Waals surface area contributed by atoms with E-state index in [4.69, 9.17) is 23.2 Å². The number of rotatable bonds is 7. The summed E-state index contributed by atoms with van der Waals surface area (Å²) in [5.74, 6) is 0.922. The maximum absolute atomic E-state index is 6.18. The van der Waals surface area contributed by atoms with Gasteiger partial charge in [0.25, 0.3) is 0 Å². The molecule has 1 aliphatic rings. The summed E-state index contributed by atoms with van der Waals surface area (Å²) in [5, 5.41) is 5.12. The standard InChI is InChI=1S/C15H21Cl2N/c1-2-18-15(12-6-7-12)5-3-4-11-8-9-13(16)10-14(11)17/h8-10,12,15,18H,2-7H2,1H3. The molecule has 1 fully saturated rings. The van der Waals surface area contributed by atoms with Crippen molar-refractivity contribution < 1.29 is 0 Å². The molecule has 0 heterocycles. The zero-order chi connectivity index (χ0) is 13.0. The van der Waals surface area contributed by atoms with Crippen molar-refractivity contribution in [1.29, 1.82) is 0 Å². The molecule has 1 aromatic rings. The summed E-state index contributed by atoms with van der Waals surface area (Å²) < 4.78 is 0. The third kappa shape index (κ3) is 4.15. The molecule has 1 nitrogen and oxygen atoms in total. The van der Waals surface area contributed by atoms with Crippen LogP contribution < -0.4 is 5.32 Å². The van der Waals surface area contributed by atoms with Crippen LogP contribution in [0.4, 0.5) is 0 Å². The maximum atomic E-state index is 6.18. The number of hydrogen-bond donors (Lipinski definition) is 1. The molecule has 2 rings (SSSR count). The Labute approximate surface area is 120 Å². The Kier molecular flexibility index (Phi) is 5.35. The van der Waals surface area contributed by atoms with Crippen molar-refractivity contribution in [3.05, 3.63) is 33.8 Å². The SMILES string of the molecule is CCNC(CCCc1ccc(Cl)cc1Cl)C1CC1. The zero-order valence-electron chi connectivity index (χ0n) is 10.9. The second-order valence-electron chi connectivity index (χ2n) is 5.13. The first kappa shape index (κ1) is 14.2. The second-order valence-corrected chi connectivity index (χ2v) is 5.97. The summed E-state index contributed by atoms with van der Waals surface area (Å²) in [6.07, 6.45) is 6.29. The van der Waals surface area contributed by atoms with Gasteiger partial charge in [-0.15, -0.1) is 0 Å². The molecule has 3 heteroatoms. The molecule has 0 aromatic heterocycles. The van der Waals surface area contributed by atoms with Gasteiger partial charge in [0, 0.05) is 16.1 Å². The number of benzene rings is 1. The van der Waals surface area contributed by atoms with Crippen molar-refractivity contribution in [2.24, 2.45) is 5.92 Å². The Morgan fingerprint density at radius 1 is 1.33 bits per heavy atom. The van der Waals surface area contributed by atoms with E-state index in [1.165, 1.54) is 31.2 Å². The molecule has 18 heavy (non-hydrogen) atoms. The molecular weight excluding hydrogens is 265 g/mol. The first-order chi connectivity index (χ1) is 8.70. The van der Waals surface area contributed by atoms with Gasteiger partial charge in [-0.2, -0.15) is 0 Å². The molecule has 1 unspecified atom stereocenters. The minimum atomic E-state index is 0.709. The van der Waals surface area contributed by atoms with Crippen LogP contribution in [-0.2, 0) is 6.42 Å². The molecule has 0 aliphatic heterocycles. The Balaban J connectivity index is 1.79. The Morgan fingerprint density at radius 2 is 2.11 bits per heavy atom. The van der Waals surface area contributed by atoms with E-state index in [0.29, 0.717) is 11.1 Å². The lowest BCUT2D eigenvalue weighted by atomic mass is 10.0. The highest BCUT2D eigenvalue weighted by atomic mass is 35.5. The minimum Gasteiger partial charge on any atom is -0.314 e. The van der Waals surface area contributed by atoms with Crippen LogP contribution in [0.5, 0.6) is 0 Å². The average molecular weight is 286 g/mol.